The number of aliphatic hydroxyl groups is 1. The molecule has 0 aromatic carbocycles. The summed E-state index contributed by atoms with van der Waals surface area (Å²) in [5.41, 5.74) is -2.74. The molecule has 0 amide bonds. The van der Waals surface area contributed by atoms with E-state index in [1.54, 1.807) is 0 Å². The van der Waals surface area contributed by atoms with Crippen LogP contribution in [0.25, 0.3) is 0 Å². The first-order chi connectivity index (χ1) is 7.78. The van der Waals surface area contributed by atoms with Crippen molar-refractivity contribution < 1.29 is 77.7 Å². The number of hydrogen-bond donors (Lipinski definition) is 5. The first-order valence-corrected chi connectivity index (χ1v) is 6.22. The summed E-state index contributed by atoms with van der Waals surface area (Å²) in [7, 11) is -4.08. The molecule has 0 rings (SSSR count). The number of hydrogen-bond acceptors (Lipinski definition) is 7. The zero-order valence-electron chi connectivity index (χ0n) is 9.51. The van der Waals surface area contributed by atoms with Crippen LogP contribution in [0.2, 0.25) is 0 Å². The van der Waals surface area contributed by atoms with Gasteiger partial charge in [-0.05, 0) is 11.2 Å². The maximum absolute atomic E-state index is 10.3. The van der Waals surface area contributed by atoms with Gasteiger partial charge in [0.15, 0.2) is 5.60 Å². The Hall–Kier alpha value is -0.340. The first kappa shape index (κ1) is 23.7. The molecule has 1 atom stereocenters. The van der Waals surface area contributed by atoms with Gasteiger partial charge in [-0.2, -0.15) is 0 Å². The van der Waals surface area contributed by atoms with Crippen LogP contribution in [0.5, 0.6) is 0 Å². The quantitative estimate of drug-likeness (QED) is 0.304. The molecule has 19 heavy (non-hydrogen) atoms. The summed E-state index contributed by atoms with van der Waals surface area (Å²) in [5, 5.41) is 33.8. The van der Waals surface area contributed by atoms with Crippen molar-refractivity contribution in [1.82, 2.24) is 0 Å². The topological polar surface area (TPSA) is 192 Å². The number of carboxylic acids is 3. The molecule has 0 bridgehead atoms. The Bertz CT molecular complexity index is 405. The first-order valence-electron chi connectivity index (χ1n) is 3.85. The maximum Gasteiger partial charge on any atom is 1.00 e. The predicted octanol–water partition coefficient (Wildman–Crippen LogP) is -4.91. The fourth-order valence-electron chi connectivity index (χ4n) is 0.714. The van der Waals surface area contributed by atoms with Gasteiger partial charge in [0, 0.05) is 0 Å². The second-order valence-electron chi connectivity index (χ2n) is 2.91. The van der Waals surface area contributed by atoms with Gasteiger partial charge in [0.05, 0.1) is 21.9 Å². The Kier molecular flexibility index (Phi) is 11.9. The fourth-order valence-corrected chi connectivity index (χ4v) is 0.714. The number of carboxylic acid groups (broad SMARTS) is 3. The molecule has 13 heteroatoms. The fraction of sp³-hybridized carbons (Fsp3) is 0.500. The van der Waals surface area contributed by atoms with Gasteiger partial charge in [0.1, 0.15) is 0 Å². The zero-order valence-corrected chi connectivity index (χ0v) is 13.1. The molecule has 0 heterocycles. The molecule has 5 N–H and O–H groups in total. The summed E-state index contributed by atoms with van der Waals surface area (Å²) in [5.74, 6) is -5.02. The van der Waals surface area contributed by atoms with Gasteiger partial charge in [-0.3, -0.25) is 9.59 Å². The van der Waals surface area contributed by atoms with Crippen molar-refractivity contribution in [2.24, 2.45) is 0 Å². The van der Waals surface area contributed by atoms with E-state index in [0.717, 1.165) is 0 Å². The van der Waals surface area contributed by atoms with E-state index in [2.05, 4.69) is 11.2 Å². The van der Waals surface area contributed by atoms with Gasteiger partial charge < -0.3 is 29.5 Å². The second-order valence-corrected chi connectivity index (χ2v) is 5.02. The van der Waals surface area contributed by atoms with Crippen LogP contribution in [-0.4, -0.2) is 57.2 Å². The third-order valence-corrected chi connectivity index (χ3v) is 1.29. The molecular weight excluding hydrogens is 319 g/mol. The van der Waals surface area contributed by atoms with E-state index in [1.165, 1.54) is 0 Å². The number of rotatable bonds is 5. The van der Waals surface area contributed by atoms with Crippen LogP contribution in [-0.2, 0) is 34.6 Å². The van der Waals surface area contributed by atoms with Crippen molar-refractivity contribution in [2.75, 3.05) is 0 Å². The van der Waals surface area contributed by atoms with Crippen LogP contribution in [0.15, 0.2) is 0 Å². The van der Waals surface area contributed by atoms with Crippen molar-refractivity contribution in [2.45, 2.75) is 18.4 Å². The Labute approximate surface area is 134 Å². The summed E-state index contributed by atoms with van der Waals surface area (Å²) in [4.78, 5) is 30.5. The van der Waals surface area contributed by atoms with Gasteiger partial charge in [-0.25, -0.2) is 9.00 Å². The molecular formula is C6H9NaO10S2. The summed E-state index contributed by atoms with van der Waals surface area (Å²) in [6, 6.07) is 0. The van der Waals surface area contributed by atoms with Crippen LogP contribution in [0, 0.1) is 0 Å². The summed E-state index contributed by atoms with van der Waals surface area (Å²) < 4.78 is 25.3. The molecule has 0 saturated heterocycles. The minimum atomic E-state index is -4.08. The van der Waals surface area contributed by atoms with E-state index in [4.69, 9.17) is 33.7 Å². The van der Waals surface area contributed by atoms with Gasteiger partial charge in [0.25, 0.3) is 0 Å². The van der Waals surface area contributed by atoms with Gasteiger partial charge >= 0.3 is 47.5 Å². The van der Waals surface area contributed by atoms with E-state index in [9.17, 15) is 14.4 Å². The molecule has 0 aliphatic carbocycles. The molecule has 0 aromatic rings. The molecule has 0 aliphatic heterocycles. The average Bonchev–Trinajstić information content (AvgIpc) is 1.95. The summed E-state index contributed by atoms with van der Waals surface area (Å²) in [6.45, 7) is 0. The molecule has 0 fully saturated rings. The van der Waals surface area contributed by atoms with E-state index in [-0.39, 0.29) is 29.6 Å². The molecule has 106 valence electrons. The minimum absolute atomic E-state index is 0. The van der Waals surface area contributed by atoms with E-state index in [0.29, 0.717) is 0 Å². The largest absolute Gasteiger partial charge is 1.00 e. The van der Waals surface area contributed by atoms with Crippen LogP contribution in [0.4, 0.5) is 0 Å². The van der Waals surface area contributed by atoms with Crippen molar-refractivity contribution in [3.05, 3.63) is 0 Å². The third kappa shape index (κ3) is 17.7. The van der Waals surface area contributed by atoms with Gasteiger partial charge in [-0.15, -0.1) is 0 Å². The zero-order chi connectivity index (χ0) is 15.1. The number of carbonyl (C=O) groups is 3. The minimum Gasteiger partial charge on any atom is -0.748 e. The van der Waals surface area contributed by atoms with E-state index < -0.39 is 45.4 Å². The SMILES string of the molecule is O=C(O)CC(O)(CC(=O)O)C(=O)O.O=S([O-])(O)=S.[Na+]. The predicted molar refractivity (Wildman–Crippen MR) is 56.0 cm³/mol. The molecule has 0 aliphatic rings. The monoisotopic (exact) mass is 328 g/mol. The molecule has 0 saturated carbocycles. The van der Waals surface area contributed by atoms with Crippen molar-refractivity contribution in [3.63, 3.8) is 0 Å². The van der Waals surface area contributed by atoms with E-state index in [1.807, 2.05) is 0 Å². The van der Waals surface area contributed by atoms with Crippen molar-refractivity contribution in [1.29, 1.82) is 0 Å². The molecule has 10 nitrogen and oxygen atoms in total. The smallest absolute Gasteiger partial charge is 0.748 e. The van der Waals surface area contributed by atoms with Crippen LogP contribution >= 0.6 is 0 Å². The van der Waals surface area contributed by atoms with Crippen molar-refractivity contribution in [3.8, 4) is 0 Å². The molecule has 1 unspecified atom stereocenters. The molecule has 0 radical (unpaired) electrons. The average molecular weight is 328 g/mol. The third-order valence-electron chi connectivity index (χ3n) is 1.29. The van der Waals surface area contributed by atoms with Gasteiger partial charge in [0.2, 0.25) is 0 Å². The second kappa shape index (κ2) is 9.55. The van der Waals surface area contributed by atoms with E-state index >= 15 is 0 Å². The van der Waals surface area contributed by atoms with Crippen LogP contribution in [0.1, 0.15) is 12.8 Å². The Morgan fingerprint density at radius 1 is 1.11 bits per heavy atom. The number of aliphatic carboxylic acids is 3. The Morgan fingerprint density at radius 2 is 1.32 bits per heavy atom. The van der Waals surface area contributed by atoms with Crippen molar-refractivity contribution >= 4 is 38.1 Å². The maximum atomic E-state index is 10.3. The summed E-state index contributed by atoms with van der Waals surface area (Å²) >= 11 is 3.35. The van der Waals surface area contributed by atoms with Gasteiger partial charge in [-0.1, -0.05) is 0 Å². The van der Waals surface area contributed by atoms with Crippen LogP contribution in [0.3, 0.4) is 0 Å². The van der Waals surface area contributed by atoms with Crippen LogP contribution < -0.4 is 29.6 Å². The Morgan fingerprint density at radius 3 is 1.42 bits per heavy atom. The Balaban J connectivity index is -0.000000366. The molecule has 0 spiro atoms. The standard InChI is InChI=1S/C6H8O7.Na.H2O3S2/c7-3(8)1-6(13,5(11)12)2-4(9)10;;1-5(2,3)4/h13H,1-2H2,(H,7,8)(H,9,10)(H,11,12);;(H2,1,2,3,4)/q;+1;/p-1. The molecule has 0 aromatic heterocycles. The summed E-state index contributed by atoms with van der Waals surface area (Å²) in [6.07, 6.45) is -2.29. The normalized spacial score (nSPS) is 13.0.